The van der Waals surface area contributed by atoms with Crippen molar-refractivity contribution in [3.05, 3.63) is 29.6 Å². The summed E-state index contributed by atoms with van der Waals surface area (Å²) in [4.78, 5) is 2.08. The van der Waals surface area contributed by atoms with E-state index in [0.29, 0.717) is 18.7 Å². The van der Waals surface area contributed by atoms with Crippen molar-refractivity contribution in [1.29, 1.82) is 0 Å². The van der Waals surface area contributed by atoms with Gasteiger partial charge in [-0.05, 0) is 24.7 Å². The summed E-state index contributed by atoms with van der Waals surface area (Å²) in [5.41, 5.74) is 0.609. The number of nitrogens with zero attached hydrogens (tertiary/aromatic N) is 1. The van der Waals surface area contributed by atoms with Gasteiger partial charge in [-0.2, -0.15) is 0 Å². The van der Waals surface area contributed by atoms with Gasteiger partial charge < -0.3 is 9.84 Å². The molecule has 0 aromatic heterocycles. The Hall–Kier alpha value is -1.13. The molecule has 0 aliphatic carbocycles. The van der Waals surface area contributed by atoms with Gasteiger partial charge >= 0.3 is 0 Å². The van der Waals surface area contributed by atoms with Crippen LogP contribution in [0.25, 0.3) is 0 Å². The third kappa shape index (κ3) is 3.79. The number of halogens is 1. The summed E-state index contributed by atoms with van der Waals surface area (Å²) < 4.78 is 18.0. The molecule has 0 aliphatic rings. The molecule has 0 heterocycles. The van der Waals surface area contributed by atoms with Crippen LogP contribution in [0.3, 0.4) is 0 Å². The second-order valence-electron chi connectivity index (χ2n) is 3.63. The van der Waals surface area contributed by atoms with Gasteiger partial charge in [-0.15, -0.1) is 0 Å². The quantitative estimate of drug-likeness (QED) is 0.806. The first-order valence-corrected chi connectivity index (χ1v) is 5.36. The van der Waals surface area contributed by atoms with Gasteiger partial charge in [0.15, 0.2) is 0 Å². The van der Waals surface area contributed by atoms with E-state index < -0.39 is 0 Å². The molecule has 0 amide bonds. The lowest BCUT2D eigenvalue weighted by molar-refractivity contribution is 0.147. The highest BCUT2D eigenvalue weighted by atomic mass is 19.1. The average Bonchev–Trinajstić information content (AvgIpc) is 2.28. The van der Waals surface area contributed by atoms with Crippen molar-refractivity contribution >= 4 is 0 Å². The Labute approximate surface area is 95.5 Å². The minimum absolute atomic E-state index is 0.136. The van der Waals surface area contributed by atoms with E-state index in [2.05, 4.69) is 4.90 Å². The predicted octanol–water partition coefficient (Wildman–Crippen LogP) is 2.00. The summed E-state index contributed by atoms with van der Waals surface area (Å²) in [7, 11) is 1.65. The first-order valence-electron chi connectivity index (χ1n) is 5.36. The first kappa shape index (κ1) is 12.9. The van der Waals surface area contributed by atoms with Gasteiger partial charge in [0.1, 0.15) is 11.6 Å². The summed E-state index contributed by atoms with van der Waals surface area (Å²) in [5.74, 6) is -0.187. The Kier molecular flexibility index (Phi) is 5.22. The van der Waals surface area contributed by atoms with Gasteiger partial charge in [0.25, 0.3) is 0 Å². The van der Waals surface area contributed by atoms with E-state index >= 15 is 0 Å². The molecule has 1 N–H and O–H groups in total. The number of phenols is 1. The molecule has 0 fully saturated rings. The molecule has 90 valence electrons. The number of rotatable bonds is 6. The highest BCUT2D eigenvalue weighted by Gasteiger charge is 2.08. The van der Waals surface area contributed by atoms with Crippen molar-refractivity contribution in [3.63, 3.8) is 0 Å². The number of ether oxygens (including phenoxy) is 1. The standard InChI is InChI=1S/C12H18FNO2/c1-3-14(6-7-16-2)9-10-8-11(13)4-5-12(10)15/h4-5,8,15H,3,6-7,9H2,1-2H3. The van der Waals surface area contributed by atoms with Gasteiger partial charge in [-0.1, -0.05) is 6.92 Å². The van der Waals surface area contributed by atoms with Crippen molar-refractivity contribution in [3.8, 4) is 5.75 Å². The molecule has 1 aromatic carbocycles. The third-order valence-electron chi connectivity index (χ3n) is 2.49. The van der Waals surface area contributed by atoms with Crippen LogP contribution in [0, 0.1) is 5.82 Å². The summed E-state index contributed by atoms with van der Waals surface area (Å²) >= 11 is 0. The lowest BCUT2D eigenvalue weighted by Gasteiger charge is -2.20. The van der Waals surface area contributed by atoms with Gasteiger partial charge in [-0.3, -0.25) is 4.90 Å². The van der Waals surface area contributed by atoms with Crippen LogP contribution in [0.1, 0.15) is 12.5 Å². The molecule has 16 heavy (non-hydrogen) atoms. The Bertz CT molecular complexity index is 331. The van der Waals surface area contributed by atoms with Crippen LogP contribution in [0.5, 0.6) is 5.75 Å². The predicted molar refractivity (Wildman–Crippen MR) is 60.9 cm³/mol. The molecule has 1 aromatic rings. The lowest BCUT2D eigenvalue weighted by Crippen LogP contribution is -2.26. The van der Waals surface area contributed by atoms with Crippen LogP contribution in [-0.4, -0.2) is 36.8 Å². The van der Waals surface area contributed by atoms with E-state index in [1.165, 1.54) is 18.2 Å². The molecule has 3 nitrogen and oxygen atoms in total. The van der Waals surface area contributed by atoms with E-state index in [-0.39, 0.29) is 11.6 Å². The molecule has 0 saturated carbocycles. The minimum Gasteiger partial charge on any atom is -0.508 e. The Morgan fingerprint density at radius 3 is 2.81 bits per heavy atom. The number of methoxy groups -OCH3 is 1. The van der Waals surface area contributed by atoms with E-state index in [0.717, 1.165) is 13.1 Å². The van der Waals surface area contributed by atoms with Crippen LogP contribution < -0.4 is 0 Å². The molecule has 0 spiro atoms. The summed E-state index contributed by atoms with van der Waals surface area (Å²) in [6, 6.07) is 4.00. The topological polar surface area (TPSA) is 32.7 Å². The number of likely N-dealkylation sites (N-methyl/N-ethyl adjacent to an activating group) is 1. The first-order chi connectivity index (χ1) is 7.67. The van der Waals surface area contributed by atoms with E-state index in [9.17, 15) is 9.50 Å². The molecule has 0 unspecified atom stereocenters. The molecule has 0 aliphatic heterocycles. The zero-order chi connectivity index (χ0) is 12.0. The molecule has 4 heteroatoms. The molecule has 0 radical (unpaired) electrons. The van der Waals surface area contributed by atoms with Crippen LogP contribution in [0.15, 0.2) is 18.2 Å². The highest BCUT2D eigenvalue weighted by molar-refractivity contribution is 5.32. The van der Waals surface area contributed by atoms with Crippen LogP contribution in [0.2, 0.25) is 0 Å². The van der Waals surface area contributed by atoms with Crippen molar-refractivity contribution in [2.75, 3.05) is 26.8 Å². The Balaban J connectivity index is 2.65. The molecule has 0 atom stereocenters. The second kappa shape index (κ2) is 6.45. The van der Waals surface area contributed by atoms with E-state index in [1.54, 1.807) is 7.11 Å². The van der Waals surface area contributed by atoms with Crippen LogP contribution in [0.4, 0.5) is 4.39 Å². The monoisotopic (exact) mass is 227 g/mol. The molecule has 0 bridgehead atoms. The Morgan fingerprint density at radius 1 is 1.44 bits per heavy atom. The van der Waals surface area contributed by atoms with Crippen molar-refractivity contribution < 1.29 is 14.2 Å². The number of benzene rings is 1. The average molecular weight is 227 g/mol. The van der Waals surface area contributed by atoms with E-state index in [1.807, 2.05) is 6.92 Å². The van der Waals surface area contributed by atoms with Crippen LogP contribution >= 0.6 is 0 Å². The normalized spacial score (nSPS) is 11.0. The Morgan fingerprint density at radius 2 is 2.19 bits per heavy atom. The maximum atomic E-state index is 13.0. The van der Waals surface area contributed by atoms with Gasteiger partial charge in [0.2, 0.25) is 0 Å². The zero-order valence-corrected chi connectivity index (χ0v) is 9.74. The molecule has 0 saturated heterocycles. The van der Waals surface area contributed by atoms with Crippen LogP contribution in [-0.2, 0) is 11.3 Å². The maximum Gasteiger partial charge on any atom is 0.123 e. The third-order valence-corrected chi connectivity index (χ3v) is 2.49. The number of phenolic OH excluding ortho intramolecular Hbond substituents is 1. The maximum absolute atomic E-state index is 13.0. The molecule has 1 rings (SSSR count). The second-order valence-corrected chi connectivity index (χ2v) is 3.63. The van der Waals surface area contributed by atoms with Gasteiger partial charge in [-0.25, -0.2) is 4.39 Å². The van der Waals surface area contributed by atoms with Crippen molar-refractivity contribution in [2.24, 2.45) is 0 Å². The number of aromatic hydroxyl groups is 1. The molecular weight excluding hydrogens is 209 g/mol. The number of hydrogen-bond acceptors (Lipinski definition) is 3. The molecular formula is C12H18FNO2. The zero-order valence-electron chi connectivity index (χ0n) is 9.74. The lowest BCUT2D eigenvalue weighted by atomic mass is 10.2. The summed E-state index contributed by atoms with van der Waals surface area (Å²) in [6.07, 6.45) is 0. The number of hydrogen-bond donors (Lipinski definition) is 1. The van der Waals surface area contributed by atoms with Gasteiger partial charge in [0, 0.05) is 25.8 Å². The SMILES string of the molecule is CCN(CCOC)Cc1cc(F)ccc1O. The van der Waals surface area contributed by atoms with Gasteiger partial charge in [0.05, 0.1) is 6.61 Å². The van der Waals surface area contributed by atoms with E-state index in [4.69, 9.17) is 4.74 Å². The van der Waals surface area contributed by atoms with Crippen molar-refractivity contribution in [2.45, 2.75) is 13.5 Å². The fourth-order valence-electron chi connectivity index (χ4n) is 1.49. The minimum atomic E-state index is -0.324. The highest BCUT2D eigenvalue weighted by Crippen LogP contribution is 2.19. The summed E-state index contributed by atoms with van der Waals surface area (Å²) in [5, 5.41) is 9.58. The summed E-state index contributed by atoms with van der Waals surface area (Å²) in [6.45, 7) is 4.78. The smallest absolute Gasteiger partial charge is 0.123 e. The largest absolute Gasteiger partial charge is 0.508 e. The fourth-order valence-corrected chi connectivity index (χ4v) is 1.49. The van der Waals surface area contributed by atoms with Crippen molar-refractivity contribution in [1.82, 2.24) is 4.90 Å². The fraction of sp³-hybridized carbons (Fsp3) is 0.500.